The molecule has 5 heteroatoms. The summed E-state index contributed by atoms with van der Waals surface area (Å²) in [5.41, 5.74) is 0.949. The normalized spacial score (nSPS) is 18.3. The molecule has 0 unspecified atom stereocenters. The zero-order valence-corrected chi connectivity index (χ0v) is 10.4. The fourth-order valence-electron chi connectivity index (χ4n) is 2.36. The van der Waals surface area contributed by atoms with Crippen LogP contribution in [0.25, 0.3) is 0 Å². The number of amides is 1. The standard InChI is InChI=1S/C14H15NO4/c16-12(14(4-5-14)13(17)18)15-8-9-1-2-11-10(7-9)3-6-19-11/h1-2,7H,3-6,8H2,(H,15,16)(H,17,18). The molecule has 0 aromatic heterocycles. The van der Waals surface area contributed by atoms with Gasteiger partial charge in [0.05, 0.1) is 6.61 Å². The van der Waals surface area contributed by atoms with Crippen LogP contribution in [0, 0.1) is 5.41 Å². The Morgan fingerprint density at radius 2 is 2.16 bits per heavy atom. The lowest BCUT2D eigenvalue weighted by Crippen LogP contribution is -2.36. The Kier molecular flexibility index (Phi) is 2.69. The fraction of sp³-hybridized carbons (Fsp3) is 0.429. The Labute approximate surface area is 110 Å². The predicted octanol–water partition coefficient (Wildman–Crippen LogP) is 1.10. The predicted molar refractivity (Wildman–Crippen MR) is 66.8 cm³/mol. The highest BCUT2D eigenvalue weighted by molar-refractivity contribution is 6.04. The second-order valence-corrected chi connectivity index (χ2v) is 5.11. The smallest absolute Gasteiger partial charge is 0.319 e. The number of carbonyl (C=O) groups excluding carboxylic acids is 1. The molecule has 1 aliphatic heterocycles. The van der Waals surface area contributed by atoms with Gasteiger partial charge in [-0.3, -0.25) is 9.59 Å². The molecular formula is C14H15NO4. The Balaban J connectivity index is 1.64. The van der Waals surface area contributed by atoms with Gasteiger partial charge in [0.25, 0.3) is 0 Å². The van der Waals surface area contributed by atoms with E-state index in [1.54, 1.807) is 0 Å². The summed E-state index contributed by atoms with van der Waals surface area (Å²) in [5, 5.41) is 11.7. The molecule has 0 atom stereocenters. The Hall–Kier alpha value is -2.04. The first kappa shape index (κ1) is 12.0. The van der Waals surface area contributed by atoms with Gasteiger partial charge in [0.1, 0.15) is 11.2 Å². The minimum atomic E-state index is -1.17. The Morgan fingerprint density at radius 3 is 2.84 bits per heavy atom. The highest BCUT2D eigenvalue weighted by Crippen LogP contribution is 2.46. The van der Waals surface area contributed by atoms with Gasteiger partial charge in [0.15, 0.2) is 0 Å². The quantitative estimate of drug-likeness (QED) is 0.796. The van der Waals surface area contributed by atoms with Gasteiger partial charge in [-0.05, 0) is 30.0 Å². The molecule has 0 bridgehead atoms. The second kappa shape index (κ2) is 4.26. The highest BCUT2D eigenvalue weighted by atomic mass is 16.5. The van der Waals surface area contributed by atoms with Crippen molar-refractivity contribution in [2.75, 3.05) is 6.61 Å². The van der Waals surface area contributed by atoms with Crippen LogP contribution < -0.4 is 10.1 Å². The summed E-state index contributed by atoms with van der Waals surface area (Å²) in [7, 11) is 0. The summed E-state index contributed by atoms with van der Waals surface area (Å²) in [6, 6.07) is 5.79. The van der Waals surface area contributed by atoms with Crippen LogP contribution in [0.5, 0.6) is 5.75 Å². The van der Waals surface area contributed by atoms with Crippen molar-refractivity contribution in [1.82, 2.24) is 5.32 Å². The first-order valence-electron chi connectivity index (χ1n) is 6.38. The minimum absolute atomic E-state index is 0.362. The molecule has 0 radical (unpaired) electrons. The van der Waals surface area contributed by atoms with Crippen LogP contribution in [-0.2, 0) is 22.6 Å². The van der Waals surface area contributed by atoms with Crippen LogP contribution in [0.15, 0.2) is 18.2 Å². The number of ether oxygens (including phenoxy) is 1. The molecule has 5 nitrogen and oxygen atoms in total. The summed E-state index contributed by atoms with van der Waals surface area (Å²) in [6.07, 6.45) is 1.76. The first-order chi connectivity index (χ1) is 9.12. The number of benzene rings is 1. The van der Waals surface area contributed by atoms with E-state index in [1.165, 1.54) is 0 Å². The number of rotatable bonds is 4. The number of carboxylic acids is 1. The van der Waals surface area contributed by atoms with Crippen LogP contribution >= 0.6 is 0 Å². The third-order valence-corrected chi connectivity index (χ3v) is 3.80. The molecule has 0 saturated heterocycles. The highest BCUT2D eigenvalue weighted by Gasteiger charge is 2.56. The molecule has 1 amide bonds. The summed E-state index contributed by atoms with van der Waals surface area (Å²) < 4.78 is 5.41. The Morgan fingerprint density at radius 1 is 1.37 bits per heavy atom. The zero-order chi connectivity index (χ0) is 13.5. The van der Waals surface area contributed by atoms with Gasteiger partial charge >= 0.3 is 5.97 Å². The molecule has 1 fully saturated rings. The van der Waals surface area contributed by atoms with Crippen molar-refractivity contribution in [3.05, 3.63) is 29.3 Å². The van der Waals surface area contributed by atoms with E-state index in [0.717, 1.165) is 23.3 Å². The number of nitrogens with one attached hydrogen (secondary N) is 1. The van der Waals surface area contributed by atoms with Crippen molar-refractivity contribution in [2.45, 2.75) is 25.8 Å². The van der Waals surface area contributed by atoms with Crippen LogP contribution in [0.4, 0.5) is 0 Å². The number of fused-ring (bicyclic) bond motifs is 1. The summed E-state index contributed by atoms with van der Waals surface area (Å²) in [5.74, 6) is -0.497. The average molecular weight is 261 g/mol. The van der Waals surface area contributed by atoms with Crippen molar-refractivity contribution >= 4 is 11.9 Å². The largest absolute Gasteiger partial charge is 0.493 e. The molecule has 100 valence electrons. The van der Waals surface area contributed by atoms with Crippen molar-refractivity contribution in [3.63, 3.8) is 0 Å². The number of hydrogen-bond donors (Lipinski definition) is 2. The third kappa shape index (κ3) is 2.05. The van der Waals surface area contributed by atoms with E-state index in [4.69, 9.17) is 9.84 Å². The second-order valence-electron chi connectivity index (χ2n) is 5.11. The van der Waals surface area contributed by atoms with Gasteiger partial charge in [-0.25, -0.2) is 0 Å². The van der Waals surface area contributed by atoms with Crippen LogP contribution in [-0.4, -0.2) is 23.6 Å². The number of carboxylic acid groups (broad SMARTS) is 1. The van der Waals surface area contributed by atoms with Crippen LogP contribution in [0.2, 0.25) is 0 Å². The van der Waals surface area contributed by atoms with E-state index < -0.39 is 11.4 Å². The van der Waals surface area contributed by atoms with Crippen molar-refractivity contribution in [1.29, 1.82) is 0 Å². The maximum Gasteiger partial charge on any atom is 0.319 e. The molecule has 1 heterocycles. The van der Waals surface area contributed by atoms with Crippen LogP contribution in [0.1, 0.15) is 24.0 Å². The average Bonchev–Trinajstić information content (AvgIpc) is 3.09. The topological polar surface area (TPSA) is 75.6 Å². The van der Waals surface area contributed by atoms with E-state index >= 15 is 0 Å². The maximum absolute atomic E-state index is 11.9. The molecule has 1 saturated carbocycles. The number of carbonyl (C=O) groups is 2. The molecule has 0 spiro atoms. The molecule has 19 heavy (non-hydrogen) atoms. The summed E-state index contributed by atoms with van der Waals surface area (Å²) >= 11 is 0. The van der Waals surface area contributed by atoms with Crippen molar-refractivity contribution in [3.8, 4) is 5.75 Å². The summed E-state index contributed by atoms with van der Waals surface area (Å²) in [4.78, 5) is 22.9. The lowest BCUT2D eigenvalue weighted by atomic mass is 10.1. The monoisotopic (exact) mass is 261 g/mol. The molecule has 2 aliphatic rings. The van der Waals surface area contributed by atoms with E-state index in [2.05, 4.69) is 5.32 Å². The van der Waals surface area contributed by atoms with Crippen molar-refractivity contribution in [2.24, 2.45) is 5.41 Å². The van der Waals surface area contributed by atoms with Gasteiger partial charge in [0, 0.05) is 13.0 Å². The molecule has 1 aromatic rings. The lowest BCUT2D eigenvalue weighted by molar-refractivity contribution is -0.149. The van der Waals surface area contributed by atoms with Gasteiger partial charge in [-0.2, -0.15) is 0 Å². The fourth-order valence-corrected chi connectivity index (χ4v) is 2.36. The SMILES string of the molecule is O=C(O)C1(C(=O)NCc2ccc3c(c2)CCO3)CC1. The zero-order valence-electron chi connectivity index (χ0n) is 10.4. The van der Waals surface area contributed by atoms with E-state index in [1.807, 2.05) is 18.2 Å². The first-order valence-corrected chi connectivity index (χ1v) is 6.38. The molecule has 3 rings (SSSR count). The van der Waals surface area contributed by atoms with E-state index in [9.17, 15) is 9.59 Å². The maximum atomic E-state index is 11.9. The number of aliphatic carboxylic acids is 1. The van der Waals surface area contributed by atoms with E-state index in [-0.39, 0.29) is 5.91 Å². The van der Waals surface area contributed by atoms with Crippen molar-refractivity contribution < 1.29 is 19.4 Å². The van der Waals surface area contributed by atoms with Gasteiger partial charge in [0.2, 0.25) is 5.91 Å². The minimum Gasteiger partial charge on any atom is -0.493 e. The number of hydrogen-bond acceptors (Lipinski definition) is 3. The summed E-state index contributed by atoms with van der Waals surface area (Å²) in [6.45, 7) is 1.06. The van der Waals surface area contributed by atoms with E-state index in [0.29, 0.717) is 26.0 Å². The lowest BCUT2D eigenvalue weighted by Gasteiger charge is -2.11. The molecular weight excluding hydrogens is 246 g/mol. The van der Waals surface area contributed by atoms with Gasteiger partial charge < -0.3 is 15.2 Å². The molecule has 1 aromatic carbocycles. The Bertz CT molecular complexity index is 548. The van der Waals surface area contributed by atoms with Gasteiger partial charge in [-0.1, -0.05) is 12.1 Å². The molecule has 2 N–H and O–H groups in total. The van der Waals surface area contributed by atoms with Gasteiger partial charge in [-0.15, -0.1) is 0 Å². The van der Waals surface area contributed by atoms with Crippen LogP contribution in [0.3, 0.4) is 0 Å². The third-order valence-electron chi connectivity index (χ3n) is 3.80. The molecule has 1 aliphatic carbocycles.